The highest BCUT2D eigenvalue weighted by molar-refractivity contribution is 7.52. The van der Waals surface area contributed by atoms with Gasteiger partial charge in [0, 0.05) is 48.2 Å². The van der Waals surface area contributed by atoms with Crippen molar-refractivity contribution in [3.8, 4) is 5.75 Å². The maximum absolute atomic E-state index is 12.8. The van der Waals surface area contributed by atoms with Crippen LogP contribution in [0.5, 0.6) is 5.75 Å². The summed E-state index contributed by atoms with van der Waals surface area (Å²) in [6.07, 6.45) is 4.13. The van der Waals surface area contributed by atoms with Crippen LogP contribution in [-0.2, 0) is 9.36 Å². The predicted octanol–water partition coefficient (Wildman–Crippen LogP) is 2.36. The van der Waals surface area contributed by atoms with Crippen molar-refractivity contribution in [1.82, 2.24) is 10.3 Å². The Morgan fingerprint density at radius 3 is 2.45 bits per heavy atom. The third kappa shape index (κ3) is 6.31. The average molecular weight is 475 g/mol. The Morgan fingerprint density at radius 1 is 1.24 bits per heavy atom. The van der Waals surface area contributed by atoms with Crippen LogP contribution in [-0.4, -0.2) is 45.8 Å². The number of amides is 1. The van der Waals surface area contributed by atoms with E-state index in [9.17, 15) is 19.1 Å². The molecule has 0 spiro atoms. The van der Waals surface area contributed by atoms with Crippen molar-refractivity contribution in [3.05, 3.63) is 53.9 Å². The van der Waals surface area contributed by atoms with Crippen LogP contribution in [0.3, 0.4) is 0 Å². The van der Waals surface area contributed by atoms with Crippen LogP contribution in [0.25, 0.3) is 0 Å². The maximum atomic E-state index is 12.8. The lowest BCUT2D eigenvalue weighted by molar-refractivity contribution is -0.127. The molecule has 2 aromatic rings. The van der Waals surface area contributed by atoms with Gasteiger partial charge in [0.05, 0.1) is 5.66 Å². The molecule has 3 rings (SSSR count). The Bertz CT molecular complexity index is 1040. The van der Waals surface area contributed by atoms with Gasteiger partial charge in [-0.05, 0) is 44.9 Å². The van der Waals surface area contributed by atoms with E-state index in [1.807, 2.05) is 12.1 Å². The summed E-state index contributed by atoms with van der Waals surface area (Å²) in [4.78, 5) is 38.3. The summed E-state index contributed by atoms with van der Waals surface area (Å²) in [5.41, 5.74) is 6.15. The number of ether oxygens (including phenoxy) is 1. The van der Waals surface area contributed by atoms with Crippen molar-refractivity contribution in [2.45, 2.75) is 38.6 Å². The maximum Gasteiger partial charge on any atom is 0.332 e. The van der Waals surface area contributed by atoms with Crippen molar-refractivity contribution in [2.24, 2.45) is 11.7 Å². The van der Waals surface area contributed by atoms with E-state index in [0.717, 1.165) is 18.8 Å². The topological polar surface area (TPSA) is 162 Å². The van der Waals surface area contributed by atoms with E-state index in [0.29, 0.717) is 18.4 Å². The van der Waals surface area contributed by atoms with Gasteiger partial charge in [-0.15, -0.1) is 0 Å². The first-order valence-electron chi connectivity index (χ1n) is 10.7. The lowest BCUT2D eigenvalue weighted by atomic mass is 9.95. The number of nitrogens with zero attached hydrogens (tertiary/aromatic N) is 2. The summed E-state index contributed by atoms with van der Waals surface area (Å²) in [5, 5.41) is 10.5. The molecule has 0 saturated carbocycles. The molecule has 2 atom stereocenters. The first-order valence-corrected chi connectivity index (χ1v) is 12.4. The number of piperidine rings is 1. The van der Waals surface area contributed by atoms with Gasteiger partial charge in [0.1, 0.15) is 11.6 Å². The largest absolute Gasteiger partial charge is 0.471 e. The van der Waals surface area contributed by atoms with E-state index in [1.54, 1.807) is 19.3 Å². The number of rotatable bonds is 8. The molecule has 1 amide bonds. The molecule has 10 nitrogen and oxygen atoms in total. The number of aromatic nitrogens is 1. The number of pyridine rings is 1. The molecule has 2 unspecified atom stereocenters. The second-order valence-electron chi connectivity index (χ2n) is 8.17. The highest BCUT2D eigenvalue weighted by Crippen LogP contribution is 2.53. The number of carbonyl (C=O) groups is 1. The van der Waals surface area contributed by atoms with Crippen LogP contribution in [0, 0.1) is 11.3 Å². The number of carbonyl (C=O) groups excluding carboxylic acids is 1. The average Bonchev–Trinajstić information content (AvgIpc) is 2.78. The molecule has 6 N–H and O–H groups in total. The molecule has 33 heavy (non-hydrogen) atoms. The van der Waals surface area contributed by atoms with Crippen LogP contribution in [0.4, 0.5) is 5.69 Å². The fourth-order valence-electron chi connectivity index (χ4n) is 3.82. The highest BCUT2D eigenvalue weighted by atomic mass is 31.2. The summed E-state index contributed by atoms with van der Waals surface area (Å²) in [6, 6.07) is 8.35. The predicted molar refractivity (Wildman–Crippen MR) is 125 cm³/mol. The standard InChI is InChI=1S/C22H30N5O5P/c1-14(33(29,30)31)19-4-3-17(21(23)24)13-20(19)32-15(2)26-22(28)16-7-11-27(12-8-16)18-5-9-25-10-6-18/h3-6,9-10,13-16H,7-8,11-12H2,1-2H3,(H3,23,24)(H,26,28)(H2,29,30,31). The summed E-state index contributed by atoms with van der Waals surface area (Å²) in [5.74, 6) is -0.331. The number of nitrogens with one attached hydrogen (secondary N) is 2. The second kappa shape index (κ2) is 10.3. The molecule has 0 aliphatic carbocycles. The van der Waals surface area contributed by atoms with E-state index in [1.165, 1.54) is 25.1 Å². The van der Waals surface area contributed by atoms with E-state index >= 15 is 0 Å². The molecular weight excluding hydrogens is 445 g/mol. The summed E-state index contributed by atoms with van der Waals surface area (Å²) < 4.78 is 17.7. The smallest absolute Gasteiger partial charge is 0.332 e. The zero-order valence-corrected chi connectivity index (χ0v) is 19.5. The SMILES string of the molecule is CC(NC(=O)C1CCN(c2ccncc2)CC1)Oc1cc(C(=N)N)ccc1C(C)P(=O)(O)O. The Balaban J connectivity index is 1.64. The molecule has 1 aliphatic rings. The molecule has 2 heterocycles. The normalized spacial score (nSPS) is 16.7. The number of nitrogens with two attached hydrogens (primary N) is 1. The summed E-state index contributed by atoms with van der Waals surface area (Å²) >= 11 is 0. The van der Waals surface area contributed by atoms with Crippen LogP contribution < -0.4 is 20.7 Å². The zero-order chi connectivity index (χ0) is 24.2. The van der Waals surface area contributed by atoms with Gasteiger partial charge in [0.25, 0.3) is 0 Å². The Morgan fingerprint density at radius 2 is 1.88 bits per heavy atom. The minimum atomic E-state index is -4.43. The van der Waals surface area contributed by atoms with E-state index < -0.39 is 19.5 Å². The van der Waals surface area contributed by atoms with Gasteiger partial charge in [-0.1, -0.05) is 12.1 Å². The minimum Gasteiger partial charge on any atom is -0.471 e. The summed E-state index contributed by atoms with van der Waals surface area (Å²) in [6.45, 7) is 4.55. The quantitative estimate of drug-likeness (QED) is 0.168. The van der Waals surface area contributed by atoms with Crippen molar-refractivity contribution in [3.63, 3.8) is 0 Å². The number of amidine groups is 1. The molecule has 1 aliphatic heterocycles. The molecule has 1 saturated heterocycles. The molecule has 0 radical (unpaired) electrons. The zero-order valence-electron chi connectivity index (χ0n) is 18.6. The van der Waals surface area contributed by atoms with Crippen molar-refractivity contribution in [1.29, 1.82) is 5.41 Å². The van der Waals surface area contributed by atoms with Crippen LogP contribution in [0.2, 0.25) is 0 Å². The molecule has 1 aromatic heterocycles. The lowest BCUT2D eigenvalue weighted by Gasteiger charge is -2.33. The van der Waals surface area contributed by atoms with Crippen LogP contribution >= 0.6 is 7.60 Å². The highest BCUT2D eigenvalue weighted by Gasteiger charge is 2.30. The molecule has 1 aromatic carbocycles. The van der Waals surface area contributed by atoms with Crippen molar-refractivity contribution < 1.29 is 23.9 Å². The molecule has 1 fully saturated rings. The Hall–Kier alpha value is -2.94. The number of hydrogen-bond acceptors (Lipinski definition) is 6. The van der Waals surface area contributed by atoms with Gasteiger partial charge < -0.3 is 30.5 Å². The van der Waals surface area contributed by atoms with Gasteiger partial charge in [-0.25, -0.2) is 0 Å². The van der Waals surface area contributed by atoms with Gasteiger partial charge in [0.2, 0.25) is 5.91 Å². The number of anilines is 1. The Kier molecular flexibility index (Phi) is 7.73. The van der Waals surface area contributed by atoms with Crippen molar-refractivity contribution >= 4 is 25.0 Å². The lowest BCUT2D eigenvalue weighted by Crippen LogP contribution is -2.44. The van der Waals surface area contributed by atoms with E-state index in [-0.39, 0.29) is 29.0 Å². The second-order valence-corrected chi connectivity index (χ2v) is 10.1. The fraction of sp³-hybridized carbons (Fsp3) is 0.409. The molecular formula is C22H30N5O5P. The number of nitrogen functional groups attached to an aromatic ring is 1. The molecule has 178 valence electrons. The minimum absolute atomic E-state index is 0.135. The van der Waals surface area contributed by atoms with Gasteiger partial charge in [0.15, 0.2) is 6.23 Å². The van der Waals surface area contributed by atoms with Crippen LogP contribution in [0.15, 0.2) is 42.7 Å². The van der Waals surface area contributed by atoms with Gasteiger partial charge in [-0.3, -0.25) is 19.8 Å². The first kappa shape index (κ1) is 24.7. The van der Waals surface area contributed by atoms with Gasteiger partial charge >= 0.3 is 7.60 Å². The number of benzene rings is 1. The third-order valence-corrected chi connectivity index (χ3v) is 7.11. The first-order chi connectivity index (χ1) is 15.6. The van der Waals surface area contributed by atoms with Gasteiger partial charge in [-0.2, -0.15) is 0 Å². The monoisotopic (exact) mass is 475 g/mol. The van der Waals surface area contributed by atoms with E-state index in [4.69, 9.17) is 15.9 Å². The summed E-state index contributed by atoms with van der Waals surface area (Å²) in [7, 11) is -4.43. The van der Waals surface area contributed by atoms with Crippen molar-refractivity contribution in [2.75, 3.05) is 18.0 Å². The molecule has 11 heteroatoms. The fourth-order valence-corrected chi connectivity index (χ4v) is 4.40. The van der Waals surface area contributed by atoms with E-state index in [2.05, 4.69) is 15.2 Å². The third-order valence-electron chi connectivity index (χ3n) is 5.82. The Labute approximate surface area is 192 Å². The molecule has 0 bridgehead atoms. The van der Waals surface area contributed by atoms with Crippen LogP contribution in [0.1, 0.15) is 43.5 Å². The number of hydrogen-bond donors (Lipinski definition) is 5.